The fraction of sp³-hybridized carbons (Fsp3) is 0.923. The molecule has 4 heteroatoms. The first-order valence-corrected chi connectivity index (χ1v) is 7.09. The predicted molar refractivity (Wildman–Crippen MR) is 66.7 cm³/mol. The van der Waals surface area contributed by atoms with E-state index in [4.69, 9.17) is 0 Å². The molecule has 2 N–H and O–H groups in total. The highest BCUT2D eigenvalue weighted by molar-refractivity contribution is 5.81. The SMILES string of the molecule is O=C1NCCCCC1NC1CN2CCC1CC2. The van der Waals surface area contributed by atoms with Gasteiger partial charge in [-0.25, -0.2) is 0 Å². The van der Waals surface area contributed by atoms with Gasteiger partial charge in [-0.15, -0.1) is 0 Å². The highest BCUT2D eigenvalue weighted by Gasteiger charge is 2.36. The lowest BCUT2D eigenvalue weighted by Gasteiger charge is -2.46. The second-order valence-electron chi connectivity index (χ2n) is 5.75. The number of hydrogen-bond acceptors (Lipinski definition) is 3. The van der Waals surface area contributed by atoms with Crippen LogP contribution in [0.25, 0.3) is 0 Å². The van der Waals surface area contributed by atoms with E-state index in [9.17, 15) is 4.79 Å². The number of piperidine rings is 3. The van der Waals surface area contributed by atoms with Gasteiger partial charge in [0.2, 0.25) is 5.91 Å². The maximum absolute atomic E-state index is 11.9. The summed E-state index contributed by atoms with van der Waals surface area (Å²) in [6.07, 6.45) is 5.93. The van der Waals surface area contributed by atoms with Crippen molar-refractivity contribution in [1.82, 2.24) is 15.5 Å². The largest absolute Gasteiger partial charge is 0.355 e. The first-order valence-electron chi connectivity index (χ1n) is 7.09. The van der Waals surface area contributed by atoms with Gasteiger partial charge in [0, 0.05) is 19.1 Å². The molecule has 4 aliphatic heterocycles. The van der Waals surface area contributed by atoms with Crippen molar-refractivity contribution in [3.8, 4) is 0 Å². The van der Waals surface area contributed by atoms with Crippen LogP contribution in [-0.2, 0) is 4.79 Å². The maximum Gasteiger partial charge on any atom is 0.237 e. The number of rotatable bonds is 2. The zero-order valence-corrected chi connectivity index (χ0v) is 10.5. The molecule has 0 radical (unpaired) electrons. The Kier molecular flexibility index (Phi) is 3.34. The monoisotopic (exact) mass is 237 g/mol. The van der Waals surface area contributed by atoms with Gasteiger partial charge in [-0.1, -0.05) is 0 Å². The molecular formula is C13H23N3O. The molecule has 0 aromatic heterocycles. The second-order valence-corrected chi connectivity index (χ2v) is 5.75. The summed E-state index contributed by atoms with van der Waals surface area (Å²) in [6.45, 7) is 4.53. The van der Waals surface area contributed by atoms with Gasteiger partial charge in [0.15, 0.2) is 0 Å². The quantitative estimate of drug-likeness (QED) is 0.728. The van der Waals surface area contributed by atoms with Crippen LogP contribution in [0.2, 0.25) is 0 Å². The summed E-state index contributed by atoms with van der Waals surface area (Å²) in [5.41, 5.74) is 0. The molecule has 0 aliphatic carbocycles. The Bertz CT molecular complexity index is 286. The molecule has 4 heterocycles. The maximum atomic E-state index is 11.9. The van der Waals surface area contributed by atoms with Crippen LogP contribution in [0.5, 0.6) is 0 Å². The fourth-order valence-corrected chi connectivity index (χ4v) is 3.51. The van der Waals surface area contributed by atoms with E-state index in [0.717, 1.165) is 38.3 Å². The van der Waals surface area contributed by atoms with E-state index in [1.54, 1.807) is 0 Å². The molecule has 2 unspecified atom stereocenters. The van der Waals surface area contributed by atoms with Crippen LogP contribution in [0, 0.1) is 5.92 Å². The van der Waals surface area contributed by atoms with Gasteiger partial charge < -0.3 is 15.5 Å². The average molecular weight is 237 g/mol. The topological polar surface area (TPSA) is 44.4 Å². The number of nitrogens with zero attached hydrogens (tertiary/aromatic N) is 1. The van der Waals surface area contributed by atoms with Gasteiger partial charge in [-0.05, 0) is 51.1 Å². The zero-order valence-electron chi connectivity index (χ0n) is 10.5. The third-order valence-electron chi connectivity index (χ3n) is 4.61. The van der Waals surface area contributed by atoms with Crippen molar-refractivity contribution in [2.45, 2.75) is 44.2 Å². The van der Waals surface area contributed by atoms with Crippen LogP contribution < -0.4 is 10.6 Å². The summed E-state index contributed by atoms with van der Waals surface area (Å²) < 4.78 is 0. The number of hydrogen-bond donors (Lipinski definition) is 2. The smallest absolute Gasteiger partial charge is 0.237 e. The van der Waals surface area contributed by atoms with Crippen LogP contribution >= 0.6 is 0 Å². The van der Waals surface area contributed by atoms with Crippen molar-refractivity contribution >= 4 is 5.91 Å². The highest BCUT2D eigenvalue weighted by Crippen LogP contribution is 2.28. The summed E-state index contributed by atoms with van der Waals surface area (Å²) in [6, 6.07) is 0.606. The lowest BCUT2D eigenvalue weighted by atomic mass is 9.83. The molecular weight excluding hydrogens is 214 g/mol. The van der Waals surface area contributed by atoms with Crippen LogP contribution in [0.15, 0.2) is 0 Å². The van der Waals surface area contributed by atoms with Crippen molar-refractivity contribution in [3.63, 3.8) is 0 Å². The second kappa shape index (κ2) is 4.94. The number of amides is 1. The molecule has 4 saturated heterocycles. The minimum absolute atomic E-state index is 0.0584. The Morgan fingerprint density at radius 1 is 1.18 bits per heavy atom. The summed E-state index contributed by atoms with van der Waals surface area (Å²) in [4.78, 5) is 14.4. The highest BCUT2D eigenvalue weighted by atomic mass is 16.2. The molecule has 2 bridgehead atoms. The zero-order chi connectivity index (χ0) is 11.7. The Morgan fingerprint density at radius 2 is 2.00 bits per heavy atom. The Morgan fingerprint density at radius 3 is 2.71 bits per heavy atom. The standard InChI is InChI=1S/C13H23N3O/c17-13-11(3-1-2-6-14-13)15-12-9-16-7-4-10(12)5-8-16/h10-12,15H,1-9H2,(H,14,17). The van der Waals surface area contributed by atoms with Crippen LogP contribution in [0.1, 0.15) is 32.1 Å². The molecule has 96 valence electrons. The fourth-order valence-electron chi connectivity index (χ4n) is 3.51. The summed E-state index contributed by atoms with van der Waals surface area (Å²) in [5, 5.41) is 6.64. The van der Waals surface area contributed by atoms with Crippen molar-refractivity contribution in [2.75, 3.05) is 26.2 Å². The number of fused-ring (bicyclic) bond motifs is 3. The van der Waals surface area contributed by atoms with E-state index in [1.807, 2.05) is 0 Å². The van der Waals surface area contributed by atoms with Crippen LogP contribution in [-0.4, -0.2) is 49.1 Å². The molecule has 0 saturated carbocycles. The molecule has 0 aromatic carbocycles. The van der Waals surface area contributed by atoms with Gasteiger partial charge in [0.1, 0.15) is 0 Å². The Labute approximate surface area is 103 Å². The van der Waals surface area contributed by atoms with Crippen LogP contribution in [0.4, 0.5) is 0 Å². The van der Waals surface area contributed by atoms with E-state index in [1.165, 1.54) is 25.9 Å². The molecule has 0 aromatic rings. The van der Waals surface area contributed by atoms with E-state index in [-0.39, 0.29) is 11.9 Å². The molecule has 4 rings (SSSR count). The molecule has 17 heavy (non-hydrogen) atoms. The van der Waals surface area contributed by atoms with E-state index in [0.29, 0.717) is 6.04 Å². The van der Waals surface area contributed by atoms with E-state index >= 15 is 0 Å². The Hall–Kier alpha value is -0.610. The molecule has 4 nitrogen and oxygen atoms in total. The van der Waals surface area contributed by atoms with E-state index < -0.39 is 0 Å². The Balaban J connectivity index is 1.60. The number of carbonyl (C=O) groups excluding carboxylic acids is 1. The first-order chi connectivity index (χ1) is 8.33. The molecule has 2 atom stereocenters. The van der Waals surface area contributed by atoms with Gasteiger partial charge in [0.05, 0.1) is 6.04 Å². The van der Waals surface area contributed by atoms with Gasteiger partial charge in [0.25, 0.3) is 0 Å². The van der Waals surface area contributed by atoms with Gasteiger partial charge >= 0.3 is 0 Å². The molecule has 1 amide bonds. The molecule has 4 fully saturated rings. The first kappa shape index (κ1) is 11.5. The van der Waals surface area contributed by atoms with Gasteiger partial charge in [-0.2, -0.15) is 0 Å². The van der Waals surface area contributed by atoms with Crippen molar-refractivity contribution in [1.29, 1.82) is 0 Å². The van der Waals surface area contributed by atoms with Crippen molar-refractivity contribution in [2.24, 2.45) is 5.92 Å². The number of nitrogens with one attached hydrogen (secondary N) is 2. The average Bonchev–Trinajstić information content (AvgIpc) is 2.57. The third-order valence-corrected chi connectivity index (χ3v) is 4.61. The van der Waals surface area contributed by atoms with Gasteiger partial charge in [-0.3, -0.25) is 4.79 Å². The van der Waals surface area contributed by atoms with E-state index in [2.05, 4.69) is 15.5 Å². The molecule has 0 spiro atoms. The lowest BCUT2D eigenvalue weighted by molar-refractivity contribution is -0.123. The van der Waals surface area contributed by atoms with Crippen molar-refractivity contribution in [3.05, 3.63) is 0 Å². The number of carbonyl (C=O) groups is 1. The minimum atomic E-state index is 0.0584. The summed E-state index contributed by atoms with van der Waals surface area (Å²) in [7, 11) is 0. The third kappa shape index (κ3) is 2.47. The lowest BCUT2D eigenvalue weighted by Crippen LogP contribution is -2.60. The van der Waals surface area contributed by atoms with Crippen LogP contribution in [0.3, 0.4) is 0 Å². The summed E-state index contributed by atoms with van der Waals surface area (Å²) in [5.74, 6) is 1.02. The molecule has 4 aliphatic rings. The minimum Gasteiger partial charge on any atom is -0.355 e. The predicted octanol–water partition coefficient (Wildman–Crippen LogP) is 0.339. The normalized spacial score (nSPS) is 42.0. The summed E-state index contributed by atoms with van der Waals surface area (Å²) >= 11 is 0. The van der Waals surface area contributed by atoms with Crippen molar-refractivity contribution < 1.29 is 4.79 Å².